The van der Waals surface area contributed by atoms with Gasteiger partial charge >= 0.3 is 5.97 Å². The molecule has 0 saturated heterocycles. The van der Waals surface area contributed by atoms with Gasteiger partial charge in [-0.15, -0.1) is 0 Å². The van der Waals surface area contributed by atoms with E-state index in [9.17, 15) is 19.2 Å². The molecule has 0 unspecified atom stereocenters. The average molecular weight is 406 g/mol. The minimum Gasteiger partial charge on any atom is -0.456 e. The smallest absolute Gasteiger partial charge is 0.328 e. The number of likely N-dealkylation sites (N-methyl/N-ethyl adjacent to an activating group) is 1. The minimum atomic E-state index is -0.906. The number of nitrogens with one attached hydrogen (secondary N) is 1. The molecule has 0 saturated carbocycles. The lowest BCUT2D eigenvalue weighted by Crippen LogP contribution is -2.39. The number of ether oxygens (including phenoxy) is 1. The zero-order chi connectivity index (χ0) is 21.7. The van der Waals surface area contributed by atoms with Crippen LogP contribution in [-0.2, 0) is 25.5 Å². The van der Waals surface area contributed by atoms with Gasteiger partial charge in [0.2, 0.25) is 11.8 Å². The Kier molecular flexibility index (Phi) is 6.41. The summed E-state index contributed by atoms with van der Waals surface area (Å²) < 4.78 is 5.04. The number of ketones is 1. The summed E-state index contributed by atoms with van der Waals surface area (Å²) in [6, 6.07) is 13.3. The number of amides is 2. The molecule has 2 aromatic carbocycles. The molecule has 0 aliphatic carbocycles. The molecule has 2 amide bonds. The normalized spacial score (nSPS) is 13.8. The minimum absolute atomic E-state index is 0.0353. The van der Waals surface area contributed by atoms with Gasteiger partial charge in [0.15, 0.2) is 12.4 Å². The topological polar surface area (TPSA) is 92.8 Å². The van der Waals surface area contributed by atoms with E-state index in [0.29, 0.717) is 5.56 Å². The number of esters is 1. The van der Waals surface area contributed by atoms with E-state index >= 15 is 0 Å². The predicted molar refractivity (Wildman–Crippen MR) is 112 cm³/mol. The molecule has 0 fully saturated rings. The van der Waals surface area contributed by atoms with Crippen LogP contribution in [0.3, 0.4) is 0 Å². The quantitative estimate of drug-likeness (QED) is 0.432. The second kappa shape index (κ2) is 9.17. The number of hydrogen-bond donors (Lipinski definition) is 1. The van der Waals surface area contributed by atoms with Crippen LogP contribution in [0.5, 0.6) is 0 Å². The monoisotopic (exact) mass is 406 g/mol. The van der Waals surface area contributed by atoms with Crippen molar-refractivity contribution in [2.75, 3.05) is 18.6 Å². The number of Topliss-reactive ketones (excluding diaryl/α,β-unsaturated/α-hetero) is 1. The number of carbonyl (C=O) groups excluding carboxylic acids is 4. The molecule has 7 nitrogen and oxygen atoms in total. The van der Waals surface area contributed by atoms with Crippen molar-refractivity contribution in [2.24, 2.45) is 0 Å². The van der Waals surface area contributed by atoms with Gasteiger partial charge < -0.3 is 15.0 Å². The van der Waals surface area contributed by atoms with E-state index < -0.39 is 24.5 Å². The maximum absolute atomic E-state index is 12.3. The fourth-order valence-corrected chi connectivity index (χ4v) is 3.05. The van der Waals surface area contributed by atoms with E-state index in [2.05, 4.69) is 5.32 Å². The van der Waals surface area contributed by atoms with E-state index in [1.165, 1.54) is 13.0 Å². The van der Waals surface area contributed by atoms with Gasteiger partial charge in [0.05, 0.1) is 6.42 Å². The van der Waals surface area contributed by atoms with Crippen LogP contribution in [0.2, 0.25) is 0 Å². The van der Waals surface area contributed by atoms with Crippen molar-refractivity contribution in [3.8, 4) is 0 Å². The van der Waals surface area contributed by atoms with Crippen LogP contribution < -0.4 is 10.2 Å². The number of nitrogens with zero attached hydrogens (tertiary/aromatic N) is 1. The summed E-state index contributed by atoms with van der Waals surface area (Å²) in [5.41, 5.74) is 2.77. The lowest BCUT2D eigenvalue weighted by molar-refractivity contribution is -0.145. The number of carbonyl (C=O) groups is 4. The first-order valence-electron chi connectivity index (χ1n) is 9.48. The van der Waals surface area contributed by atoms with E-state index in [0.717, 1.165) is 16.8 Å². The van der Waals surface area contributed by atoms with Crippen molar-refractivity contribution < 1.29 is 23.9 Å². The molecule has 2 aromatic rings. The highest BCUT2D eigenvalue weighted by Gasteiger charge is 2.25. The molecule has 0 spiro atoms. The molecule has 0 aromatic heterocycles. The SMILES string of the molecule is C[C@H](NC(=O)/C=C/c1ccccc1)C(=O)OCC(=O)c1ccc2c(c1)CC(=O)N2C. The average Bonchev–Trinajstić information content (AvgIpc) is 3.03. The number of hydrogen-bond acceptors (Lipinski definition) is 5. The van der Waals surface area contributed by atoms with E-state index in [1.807, 2.05) is 30.3 Å². The van der Waals surface area contributed by atoms with Gasteiger partial charge in [-0.3, -0.25) is 14.4 Å². The first-order valence-corrected chi connectivity index (χ1v) is 9.48. The van der Waals surface area contributed by atoms with Crippen LogP contribution in [-0.4, -0.2) is 43.3 Å². The van der Waals surface area contributed by atoms with Crippen LogP contribution in [0, 0.1) is 0 Å². The Labute approximate surface area is 174 Å². The second-order valence-corrected chi connectivity index (χ2v) is 6.98. The van der Waals surface area contributed by atoms with Crippen molar-refractivity contribution in [1.82, 2.24) is 5.32 Å². The molecule has 7 heteroatoms. The Morgan fingerprint density at radius 2 is 1.90 bits per heavy atom. The highest BCUT2D eigenvalue weighted by atomic mass is 16.5. The Morgan fingerprint density at radius 1 is 1.17 bits per heavy atom. The molecular weight excluding hydrogens is 384 g/mol. The summed E-state index contributed by atoms with van der Waals surface area (Å²) in [5.74, 6) is -1.56. The van der Waals surface area contributed by atoms with Crippen molar-refractivity contribution in [2.45, 2.75) is 19.4 Å². The lowest BCUT2D eigenvalue weighted by atomic mass is 10.1. The largest absolute Gasteiger partial charge is 0.456 e. The zero-order valence-electron chi connectivity index (χ0n) is 16.8. The van der Waals surface area contributed by atoms with Crippen molar-refractivity contribution >= 4 is 35.3 Å². The molecule has 1 aliphatic rings. The first-order chi connectivity index (χ1) is 14.3. The Morgan fingerprint density at radius 3 is 2.63 bits per heavy atom. The number of benzene rings is 2. The van der Waals surface area contributed by atoms with Crippen LogP contribution in [0.25, 0.3) is 6.08 Å². The van der Waals surface area contributed by atoms with Crippen LogP contribution in [0.1, 0.15) is 28.4 Å². The molecule has 3 rings (SSSR count). The van der Waals surface area contributed by atoms with Crippen molar-refractivity contribution in [1.29, 1.82) is 0 Å². The Balaban J connectivity index is 1.49. The van der Waals surface area contributed by atoms with E-state index in [-0.39, 0.29) is 18.1 Å². The van der Waals surface area contributed by atoms with Gasteiger partial charge in [-0.2, -0.15) is 0 Å². The molecule has 0 bridgehead atoms. The van der Waals surface area contributed by atoms with Crippen LogP contribution in [0.4, 0.5) is 5.69 Å². The summed E-state index contributed by atoms with van der Waals surface area (Å²) in [4.78, 5) is 49.7. The van der Waals surface area contributed by atoms with E-state index in [4.69, 9.17) is 4.74 Å². The molecule has 154 valence electrons. The third-order valence-corrected chi connectivity index (χ3v) is 4.76. The second-order valence-electron chi connectivity index (χ2n) is 6.98. The van der Waals surface area contributed by atoms with Crippen LogP contribution in [0.15, 0.2) is 54.6 Å². The van der Waals surface area contributed by atoms with Crippen molar-refractivity contribution in [3.05, 3.63) is 71.3 Å². The Bertz CT molecular complexity index is 1010. The van der Waals surface area contributed by atoms with Gasteiger partial charge in [0, 0.05) is 24.4 Å². The maximum atomic E-state index is 12.3. The molecule has 0 radical (unpaired) electrons. The Hall–Kier alpha value is -3.74. The molecule has 1 N–H and O–H groups in total. The number of rotatable bonds is 7. The predicted octanol–water partition coefficient (Wildman–Crippen LogP) is 2.15. The fourth-order valence-electron chi connectivity index (χ4n) is 3.05. The third kappa shape index (κ3) is 5.00. The summed E-state index contributed by atoms with van der Waals surface area (Å²) in [6.45, 7) is 1.04. The summed E-state index contributed by atoms with van der Waals surface area (Å²) in [5, 5.41) is 2.50. The summed E-state index contributed by atoms with van der Waals surface area (Å²) in [7, 11) is 1.68. The molecule has 1 heterocycles. The lowest BCUT2D eigenvalue weighted by Gasteiger charge is -2.12. The van der Waals surface area contributed by atoms with Gasteiger partial charge in [0.1, 0.15) is 6.04 Å². The summed E-state index contributed by atoms with van der Waals surface area (Å²) in [6.07, 6.45) is 3.20. The third-order valence-electron chi connectivity index (χ3n) is 4.76. The molecule has 30 heavy (non-hydrogen) atoms. The highest BCUT2D eigenvalue weighted by molar-refractivity contribution is 6.04. The molecule has 1 aliphatic heterocycles. The van der Waals surface area contributed by atoms with E-state index in [1.54, 1.807) is 36.2 Å². The fraction of sp³-hybridized carbons (Fsp3) is 0.217. The van der Waals surface area contributed by atoms with Gasteiger partial charge in [-0.1, -0.05) is 30.3 Å². The van der Waals surface area contributed by atoms with Crippen LogP contribution >= 0.6 is 0 Å². The number of anilines is 1. The van der Waals surface area contributed by atoms with Crippen molar-refractivity contribution in [3.63, 3.8) is 0 Å². The molecular formula is C23H22N2O5. The maximum Gasteiger partial charge on any atom is 0.328 e. The number of fused-ring (bicyclic) bond motifs is 1. The van der Waals surface area contributed by atoms with Gasteiger partial charge in [0.25, 0.3) is 0 Å². The van der Waals surface area contributed by atoms with Gasteiger partial charge in [-0.25, -0.2) is 4.79 Å². The summed E-state index contributed by atoms with van der Waals surface area (Å²) >= 11 is 0. The molecule has 1 atom stereocenters. The van der Waals surface area contributed by atoms with Gasteiger partial charge in [-0.05, 0) is 42.3 Å². The highest BCUT2D eigenvalue weighted by Crippen LogP contribution is 2.28. The zero-order valence-corrected chi connectivity index (χ0v) is 16.8. The standard InChI is InChI=1S/C23H22N2O5/c1-15(24-21(27)11-8-16-6-4-3-5-7-16)23(29)30-14-20(26)17-9-10-19-18(12-17)13-22(28)25(19)2/h3-12,15H,13-14H2,1-2H3,(H,24,27)/b11-8+/t15-/m0/s1. The first kappa shape index (κ1) is 21.0.